The zero-order valence-electron chi connectivity index (χ0n) is 37.5. The largest absolute Gasteiger partial charge is 0.454 e. The lowest BCUT2D eigenvalue weighted by Crippen LogP contribution is -2.66. The van der Waals surface area contributed by atoms with E-state index in [0.29, 0.717) is 24.2 Å². The predicted molar refractivity (Wildman–Crippen MR) is 234 cm³/mol. The van der Waals surface area contributed by atoms with Gasteiger partial charge in [0.2, 0.25) is 0 Å². The van der Waals surface area contributed by atoms with Gasteiger partial charge >= 0.3 is 11.9 Å². The van der Waals surface area contributed by atoms with Gasteiger partial charge in [0.05, 0.1) is 17.8 Å². The summed E-state index contributed by atoms with van der Waals surface area (Å²) >= 11 is 0. The zero-order valence-corrected chi connectivity index (χ0v) is 37.5. The van der Waals surface area contributed by atoms with Crippen molar-refractivity contribution in [1.82, 2.24) is 0 Å². The SMILES string of the molecule is CCCCCCCCCCCCCCCCOCC1=C[C@H]2[C@@H]3C(C)(C)[C@]3(OC(=O)CCCCCCC)[C@H](OC(=O)c3ccccc3)[C@@H](C)[C@]2(O)[C@@H]2C=C(C)C(=O)[C@@]2(O)C1. The van der Waals surface area contributed by atoms with E-state index in [-0.39, 0.29) is 25.4 Å². The molecule has 0 amide bonds. The van der Waals surface area contributed by atoms with Crippen molar-refractivity contribution < 1.29 is 38.8 Å². The van der Waals surface area contributed by atoms with Gasteiger partial charge in [-0.15, -0.1) is 0 Å². The Morgan fingerprint density at radius 1 is 0.763 bits per heavy atom. The molecule has 0 spiro atoms. The van der Waals surface area contributed by atoms with Gasteiger partial charge in [0.25, 0.3) is 0 Å². The van der Waals surface area contributed by atoms with Crippen LogP contribution in [0.2, 0.25) is 0 Å². The van der Waals surface area contributed by atoms with Crippen LogP contribution in [0.5, 0.6) is 0 Å². The lowest BCUT2D eigenvalue weighted by molar-refractivity contribution is -0.219. The van der Waals surface area contributed by atoms with Crippen LogP contribution in [0.1, 0.15) is 187 Å². The fourth-order valence-corrected chi connectivity index (χ4v) is 11.3. The molecule has 8 atom stereocenters. The van der Waals surface area contributed by atoms with E-state index in [1.165, 1.54) is 77.0 Å². The van der Waals surface area contributed by atoms with Crippen LogP contribution in [-0.4, -0.2) is 64.1 Å². The van der Waals surface area contributed by atoms with Gasteiger partial charge in [-0.2, -0.15) is 0 Å². The summed E-state index contributed by atoms with van der Waals surface area (Å²) in [5.41, 5.74) is -4.04. The van der Waals surface area contributed by atoms with E-state index in [0.717, 1.165) is 44.1 Å². The molecule has 8 heteroatoms. The Morgan fingerprint density at radius 3 is 1.88 bits per heavy atom. The fourth-order valence-electron chi connectivity index (χ4n) is 11.3. The van der Waals surface area contributed by atoms with Gasteiger partial charge in [-0.3, -0.25) is 9.59 Å². The van der Waals surface area contributed by atoms with Gasteiger partial charge in [-0.05, 0) is 43.0 Å². The molecule has 0 aliphatic heterocycles. The monoisotopic (exact) mass is 819 g/mol. The summed E-state index contributed by atoms with van der Waals surface area (Å²) in [6.07, 6.45) is 25.8. The Morgan fingerprint density at radius 2 is 1.31 bits per heavy atom. The Hall–Kier alpha value is -2.81. The van der Waals surface area contributed by atoms with Crippen molar-refractivity contribution in [2.45, 2.75) is 199 Å². The molecule has 2 fully saturated rings. The predicted octanol–water partition coefficient (Wildman–Crippen LogP) is 11.2. The average molecular weight is 819 g/mol. The standard InChI is InChI=1S/C51H78O8/c1-7-9-11-13-14-15-16-17-18-19-20-21-23-28-32-57-36-39-34-41-44-48(5,6)51(44,59-43(52)31-27-22-12-10-8-2)46(58-47(54)40-29-25-24-26-30-40)38(4)50(41,56)42-33-37(3)45(53)49(42,55)35-39/h24-26,29-30,33-34,38,41-42,44,46,55-56H,7-23,27-28,31-32,35-36H2,1-6H3/t38-,41+,42-,44-,46-,49-,50-,51-/m1/s1. The smallest absolute Gasteiger partial charge is 0.338 e. The molecule has 330 valence electrons. The number of esters is 2. The molecule has 5 rings (SSSR count). The van der Waals surface area contributed by atoms with Crippen LogP contribution in [-0.2, 0) is 23.8 Å². The number of carbonyl (C=O) groups is 3. The highest BCUT2D eigenvalue weighted by Gasteiger charge is 2.88. The first-order chi connectivity index (χ1) is 28.3. The third kappa shape index (κ3) is 10.3. The number of hydrogen-bond donors (Lipinski definition) is 2. The molecule has 1 aromatic carbocycles. The molecule has 0 bridgehead atoms. The quantitative estimate of drug-likeness (QED) is 0.0539. The fraction of sp³-hybridized carbons (Fsp3) is 0.745. The van der Waals surface area contributed by atoms with Crippen LogP contribution in [0, 0.1) is 29.1 Å². The van der Waals surface area contributed by atoms with Gasteiger partial charge < -0.3 is 24.4 Å². The lowest BCUT2D eigenvalue weighted by atomic mass is 9.59. The maximum Gasteiger partial charge on any atom is 0.338 e. The van der Waals surface area contributed by atoms with Crippen molar-refractivity contribution in [2.24, 2.45) is 29.1 Å². The summed E-state index contributed by atoms with van der Waals surface area (Å²) in [5.74, 6) is -4.19. The van der Waals surface area contributed by atoms with Gasteiger partial charge in [-0.1, -0.05) is 174 Å². The molecule has 8 nitrogen and oxygen atoms in total. The number of hydrogen-bond acceptors (Lipinski definition) is 8. The first-order valence-electron chi connectivity index (χ1n) is 23.7. The highest BCUT2D eigenvalue weighted by atomic mass is 16.6. The van der Waals surface area contributed by atoms with Crippen molar-refractivity contribution in [1.29, 1.82) is 0 Å². The first-order valence-corrected chi connectivity index (χ1v) is 23.7. The van der Waals surface area contributed by atoms with E-state index in [9.17, 15) is 24.6 Å². The molecule has 4 aliphatic rings. The highest BCUT2D eigenvalue weighted by molar-refractivity contribution is 6.05. The van der Waals surface area contributed by atoms with Crippen molar-refractivity contribution in [3.63, 3.8) is 0 Å². The van der Waals surface area contributed by atoms with E-state index in [4.69, 9.17) is 14.2 Å². The number of aliphatic hydroxyl groups is 2. The van der Waals surface area contributed by atoms with Crippen molar-refractivity contribution >= 4 is 17.7 Å². The number of unbranched alkanes of at least 4 members (excludes halogenated alkanes) is 17. The van der Waals surface area contributed by atoms with Gasteiger partial charge in [0, 0.05) is 48.5 Å². The van der Waals surface area contributed by atoms with Crippen LogP contribution in [0.4, 0.5) is 0 Å². The van der Waals surface area contributed by atoms with Gasteiger partial charge in [0.1, 0.15) is 11.7 Å². The molecule has 4 aliphatic carbocycles. The van der Waals surface area contributed by atoms with E-state index in [2.05, 4.69) is 13.8 Å². The molecule has 0 saturated heterocycles. The first kappa shape index (κ1) is 47.2. The molecule has 1 aromatic rings. The second-order valence-corrected chi connectivity index (χ2v) is 19.3. The minimum absolute atomic E-state index is 0.0285. The van der Waals surface area contributed by atoms with Crippen LogP contribution < -0.4 is 0 Å². The molecule has 0 unspecified atom stereocenters. The van der Waals surface area contributed by atoms with Crippen molar-refractivity contribution in [3.8, 4) is 0 Å². The summed E-state index contributed by atoms with van der Waals surface area (Å²) < 4.78 is 19.3. The molecule has 0 aromatic heterocycles. The van der Waals surface area contributed by atoms with Gasteiger partial charge in [0.15, 0.2) is 11.4 Å². The van der Waals surface area contributed by atoms with Crippen LogP contribution >= 0.6 is 0 Å². The molecule has 0 heterocycles. The summed E-state index contributed by atoms with van der Waals surface area (Å²) in [7, 11) is 0. The maximum absolute atomic E-state index is 13.9. The number of ketones is 1. The minimum atomic E-state index is -1.89. The molecule has 2 saturated carbocycles. The van der Waals surface area contributed by atoms with E-state index >= 15 is 0 Å². The third-order valence-electron chi connectivity index (χ3n) is 14.7. The van der Waals surface area contributed by atoms with Crippen molar-refractivity contribution in [2.75, 3.05) is 13.2 Å². The van der Waals surface area contributed by atoms with E-state index < -0.39 is 63.7 Å². The van der Waals surface area contributed by atoms with Crippen LogP contribution in [0.15, 0.2) is 53.6 Å². The van der Waals surface area contributed by atoms with E-state index in [1.807, 2.05) is 32.9 Å². The Bertz CT molecular complexity index is 1600. The Kier molecular flexibility index (Phi) is 17.1. The summed E-state index contributed by atoms with van der Waals surface area (Å²) in [4.78, 5) is 41.5. The summed E-state index contributed by atoms with van der Waals surface area (Å²) in [5, 5.41) is 25.8. The third-order valence-corrected chi connectivity index (χ3v) is 14.7. The molecule has 2 N–H and O–H groups in total. The second kappa shape index (κ2) is 21.3. The zero-order chi connectivity index (χ0) is 42.7. The number of Topliss-reactive ketones (excluding diaryl/α,β-unsaturated/α-hetero) is 1. The summed E-state index contributed by atoms with van der Waals surface area (Å²) in [6, 6.07) is 8.71. The summed E-state index contributed by atoms with van der Waals surface area (Å²) in [6.45, 7) is 12.8. The number of rotatable bonds is 26. The van der Waals surface area contributed by atoms with Crippen LogP contribution in [0.25, 0.3) is 0 Å². The lowest BCUT2D eigenvalue weighted by Gasteiger charge is -2.53. The number of benzene rings is 1. The minimum Gasteiger partial charge on any atom is -0.454 e. The van der Waals surface area contributed by atoms with E-state index in [1.54, 1.807) is 37.3 Å². The molecular formula is C51H78O8. The Labute approximate surface area is 356 Å². The average Bonchev–Trinajstić information content (AvgIpc) is 3.64. The molecular weight excluding hydrogens is 741 g/mol. The number of fused-ring (bicyclic) bond motifs is 5. The normalized spacial score (nSPS) is 30.4. The molecule has 0 radical (unpaired) electrons. The highest BCUT2D eigenvalue weighted by Crippen LogP contribution is 2.77. The maximum atomic E-state index is 13.9. The topological polar surface area (TPSA) is 119 Å². The number of ether oxygens (including phenoxy) is 3. The molecule has 59 heavy (non-hydrogen) atoms. The van der Waals surface area contributed by atoms with Gasteiger partial charge in [-0.25, -0.2) is 4.79 Å². The van der Waals surface area contributed by atoms with Crippen LogP contribution in [0.3, 0.4) is 0 Å². The number of carbonyl (C=O) groups excluding carboxylic acids is 3. The van der Waals surface area contributed by atoms with Crippen molar-refractivity contribution in [3.05, 3.63) is 59.2 Å². The second-order valence-electron chi connectivity index (χ2n) is 19.3. The Balaban J connectivity index is 1.30.